The topological polar surface area (TPSA) is 171 Å². The van der Waals surface area contributed by atoms with Gasteiger partial charge in [-0.05, 0) is 60.7 Å². The summed E-state index contributed by atoms with van der Waals surface area (Å²) in [5, 5.41) is 11.2. The van der Waals surface area contributed by atoms with Crippen molar-refractivity contribution in [3.8, 4) is 0 Å². The van der Waals surface area contributed by atoms with Crippen LogP contribution < -0.4 is 21.3 Å². The van der Waals surface area contributed by atoms with E-state index in [0.717, 1.165) is 51.2 Å². The minimum absolute atomic E-state index is 0.0302. The van der Waals surface area contributed by atoms with Crippen molar-refractivity contribution < 1.29 is 32.4 Å². The van der Waals surface area contributed by atoms with Crippen molar-refractivity contribution in [2.24, 2.45) is 28.6 Å². The van der Waals surface area contributed by atoms with Crippen molar-refractivity contribution in [3.63, 3.8) is 0 Å². The zero-order chi connectivity index (χ0) is 33.7. The highest BCUT2D eigenvalue weighted by Gasteiger charge is 2.79. The summed E-state index contributed by atoms with van der Waals surface area (Å²) in [7, 11) is -3.38. The monoisotopic (exact) mass is 661 g/mol. The fourth-order valence-electron chi connectivity index (χ4n) is 8.19. The van der Waals surface area contributed by atoms with Crippen LogP contribution in [-0.2, 0) is 29.0 Å². The molecule has 1 heterocycles. The molecule has 1 saturated heterocycles. The third kappa shape index (κ3) is 7.44. The number of hydrogen-bond donors (Lipinski definition) is 4. The lowest BCUT2D eigenvalue weighted by Gasteiger charge is -2.40. The normalized spacial score (nSPS) is 27.0. The number of urea groups is 1. The molecule has 0 radical (unpaired) electrons. The van der Waals surface area contributed by atoms with Crippen molar-refractivity contribution in [2.45, 2.75) is 109 Å². The van der Waals surface area contributed by atoms with Gasteiger partial charge in [-0.3, -0.25) is 19.2 Å². The molecule has 5 atom stereocenters. The third-order valence-corrected chi connectivity index (χ3v) is 11.9. The van der Waals surface area contributed by atoms with E-state index >= 15 is 0 Å². The van der Waals surface area contributed by atoms with E-state index in [-0.39, 0.29) is 41.4 Å². The fourth-order valence-corrected chi connectivity index (χ4v) is 9.55. The molecule has 4 unspecified atom stereocenters. The van der Waals surface area contributed by atoms with Crippen LogP contribution in [0.4, 0.5) is 4.79 Å². The van der Waals surface area contributed by atoms with Crippen molar-refractivity contribution >= 4 is 39.4 Å². The lowest BCUT2D eigenvalue weighted by molar-refractivity contribution is -0.145. The maximum Gasteiger partial charge on any atom is 0.315 e. The van der Waals surface area contributed by atoms with Gasteiger partial charge in [-0.2, -0.15) is 0 Å². The summed E-state index contributed by atoms with van der Waals surface area (Å²) in [6.45, 7) is 9.59. The number of nitrogens with one attached hydrogen (secondary N) is 4. The van der Waals surface area contributed by atoms with Crippen LogP contribution in [0.5, 0.6) is 0 Å². The first-order valence-corrected chi connectivity index (χ1v) is 18.9. The van der Waals surface area contributed by atoms with Crippen LogP contribution in [0.25, 0.3) is 0 Å². The van der Waals surface area contributed by atoms with Gasteiger partial charge in [0.25, 0.3) is 5.91 Å². The van der Waals surface area contributed by atoms with Crippen LogP contribution in [0.15, 0.2) is 12.7 Å². The lowest BCUT2D eigenvalue weighted by atomic mass is 9.83. The molecule has 5 fully saturated rings. The Morgan fingerprint density at radius 2 is 1.65 bits per heavy atom. The Bertz CT molecular complexity index is 1370. The van der Waals surface area contributed by atoms with Gasteiger partial charge in [0.15, 0.2) is 0 Å². The van der Waals surface area contributed by atoms with E-state index < -0.39 is 62.5 Å². The van der Waals surface area contributed by atoms with Gasteiger partial charge in [0.05, 0.1) is 17.3 Å². The number of ketones is 1. The highest BCUT2D eigenvalue weighted by molar-refractivity contribution is 7.90. The average molecular weight is 662 g/mol. The number of nitrogens with zero attached hydrogens (tertiary/aromatic N) is 1. The Morgan fingerprint density at radius 3 is 2.20 bits per heavy atom. The predicted molar refractivity (Wildman–Crippen MR) is 172 cm³/mol. The zero-order valence-electron chi connectivity index (χ0n) is 27.7. The molecule has 4 N–H and O–H groups in total. The van der Waals surface area contributed by atoms with Crippen LogP contribution in [0.1, 0.15) is 85.0 Å². The van der Waals surface area contributed by atoms with E-state index in [4.69, 9.17) is 0 Å². The minimum atomic E-state index is -3.38. The molecule has 0 bridgehead atoms. The summed E-state index contributed by atoms with van der Waals surface area (Å²) in [4.78, 5) is 69.1. The van der Waals surface area contributed by atoms with E-state index in [9.17, 15) is 32.4 Å². The van der Waals surface area contributed by atoms with Crippen LogP contribution in [0.2, 0.25) is 0 Å². The molecule has 12 nitrogen and oxygen atoms in total. The maximum atomic E-state index is 14.3. The number of rotatable bonds is 13. The summed E-state index contributed by atoms with van der Waals surface area (Å²) in [6, 6.07) is -3.40. The second-order valence-corrected chi connectivity index (χ2v) is 17.9. The van der Waals surface area contributed by atoms with Crippen molar-refractivity contribution in [1.82, 2.24) is 26.2 Å². The van der Waals surface area contributed by atoms with Gasteiger partial charge in [0, 0.05) is 19.3 Å². The van der Waals surface area contributed by atoms with E-state index in [2.05, 4.69) is 27.8 Å². The number of Topliss-reactive ketones (excluding diaryl/α,β-unsaturated/α-hetero) is 1. The third-order valence-electron chi connectivity index (χ3n) is 10.8. The number of likely N-dealkylation sites (tertiary alicyclic amines) is 1. The highest BCUT2D eigenvalue weighted by atomic mass is 32.2. The maximum absolute atomic E-state index is 14.3. The van der Waals surface area contributed by atoms with Gasteiger partial charge in [-0.15, -0.1) is 6.58 Å². The molecule has 5 rings (SSSR count). The average Bonchev–Trinajstić information content (AvgIpc) is 3.92. The molecule has 256 valence electrons. The molecule has 4 aliphatic carbocycles. The fraction of sp³-hybridized carbons (Fsp3) is 0.788. The molecular formula is C33H51N5O7S. The summed E-state index contributed by atoms with van der Waals surface area (Å²) >= 11 is 0. The number of piperidine rings is 1. The predicted octanol–water partition coefficient (Wildman–Crippen LogP) is 1.84. The van der Waals surface area contributed by atoms with E-state index in [1.165, 1.54) is 6.08 Å². The SMILES string of the molecule is C=CCNC(=O)C(=O)C(CC1CC1)NC(=O)C1C2C(CN1C(=O)[C@@H](NC(=O)NC1(CS(C)(=O)=O)CCCCC1)C(C)(C)C)C21CC1. The largest absolute Gasteiger partial charge is 0.346 e. The lowest BCUT2D eigenvalue weighted by Crippen LogP contribution is -2.63. The van der Waals surface area contributed by atoms with E-state index in [1.54, 1.807) is 4.90 Å². The number of sulfone groups is 1. The van der Waals surface area contributed by atoms with Crippen molar-refractivity contribution in [2.75, 3.05) is 25.1 Å². The first-order chi connectivity index (χ1) is 21.5. The molecule has 0 aromatic rings. The summed E-state index contributed by atoms with van der Waals surface area (Å²) in [5.74, 6) is -2.08. The Kier molecular flexibility index (Phi) is 9.40. The molecule has 1 aliphatic heterocycles. The van der Waals surface area contributed by atoms with Crippen LogP contribution in [0, 0.1) is 28.6 Å². The first-order valence-electron chi connectivity index (χ1n) is 16.8. The van der Waals surface area contributed by atoms with Gasteiger partial charge < -0.3 is 26.2 Å². The van der Waals surface area contributed by atoms with Crippen LogP contribution in [0.3, 0.4) is 0 Å². The quantitative estimate of drug-likeness (QED) is 0.172. The summed E-state index contributed by atoms with van der Waals surface area (Å²) in [5.41, 5.74) is -1.58. The molecule has 0 aromatic carbocycles. The molecule has 5 amide bonds. The number of hydrogen-bond acceptors (Lipinski definition) is 7. The van der Waals surface area contributed by atoms with Gasteiger partial charge in [0.1, 0.15) is 21.9 Å². The number of carbonyl (C=O) groups excluding carboxylic acids is 5. The van der Waals surface area contributed by atoms with Gasteiger partial charge in [0.2, 0.25) is 17.6 Å². The zero-order valence-corrected chi connectivity index (χ0v) is 28.5. The Balaban J connectivity index is 1.33. The minimum Gasteiger partial charge on any atom is -0.346 e. The highest BCUT2D eigenvalue weighted by Crippen LogP contribution is 2.78. The van der Waals surface area contributed by atoms with Crippen LogP contribution in [-0.4, -0.2) is 91.6 Å². The van der Waals surface area contributed by atoms with Crippen molar-refractivity contribution in [3.05, 3.63) is 12.7 Å². The summed E-state index contributed by atoms with van der Waals surface area (Å²) in [6.07, 6.45) is 10.5. The molecule has 0 aromatic heterocycles. The number of carbonyl (C=O) groups is 5. The van der Waals surface area contributed by atoms with Gasteiger partial charge >= 0.3 is 6.03 Å². The molecule has 4 saturated carbocycles. The Hall–Kier alpha value is -2.96. The molecule has 46 heavy (non-hydrogen) atoms. The number of fused-ring (bicyclic) bond motifs is 3. The second kappa shape index (κ2) is 12.6. The standard InChI is InChI=1S/C33H51N5O7S/c1-6-16-34-28(41)25(39)22(17-20-10-11-20)35-27(40)24-23-21(33(23)14-15-33)18-38(24)29(42)26(31(2,3)4)36-30(43)37-32(19-46(5,44)45)12-8-7-9-13-32/h6,20-24,26H,1,7-19H2,2-5H3,(H,34,41)(H,35,40)(H2,36,37,43)/t21?,22?,23?,24?,26-/m1/s1. The first kappa shape index (κ1) is 34.4. The Morgan fingerprint density at radius 1 is 1.00 bits per heavy atom. The molecular weight excluding hydrogens is 610 g/mol. The molecule has 1 spiro atoms. The van der Waals surface area contributed by atoms with Crippen molar-refractivity contribution in [1.29, 1.82) is 0 Å². The van der Waals surface area contributed by atoms with Gasteiger partial charge in [-0.25, -0.2) is 13.2 Å². The second-order valence-electron chi connectivity index (χ2n) is 15.7. The molecule has 13 heteroatoms. The van der Waals surface area contributed by atoms with E-state index in [0.29, 0.717) is 25.8 Å². The van der Waals surface area contributed by atoms with E-state index in [1.807, 2.05) is 20.8 Å². The van der Waals surface area contributed by atoms with Crippen LogP contribution >= 0.6 is 0 Å². The smallest absolute Gasteiger partial charge is 0.315 e. The summed E-state index contributed by atoms with van der Waals surface area (Å²) < 4.78 is 24.6. The van der Waals surface area contributed by atoms with Gasteiger partial charge in [-0.1, -0.05) is 59.0 Å². The number of amides is 5. The molecule has 5 aliphatic rings. The Labute approximate surface area is 272 Å².